The first kappa shape index (κ1) is 13.9. The third-order valence-corrected chi connectivity index (χ3v) is 3.91. The molecular weight excluding hydrogens is 232 g/mol. The lowest BCUT2D eigenvalue weighted by atomic mass is 10.0. The summed E-state index contributed by atoms with van der Waals surface area (Å²) in [5, 5.41) is 9.39. The summed E-state index contributed by atoms with van der Waals surface area (Å²) in [6.45, 7) is 7.60. The number of hydrogen-bond acceptors (Lipinski definition) is 2. The maximum absolute atomic E-state index is 9.39. The molecule has 1 fully saturated rings. The second-order valence-corrected chi connectivity index (χ2v) is 6.12. The summed E-state index contributed by atoms with van der Waals surface area (Å²) in [5.74, 6) is 0.619. The summed E-state index contributed by atoms with van der Waals surface area (Å²) >= 11 is 0. The second-order valence-electron chi connectivity index (χ2n) is 6.12. The minimum absolute atomic E-state index is 0.619. The van der Waals surface area contributed by atoms with Crippen LogP contribution in [0.1, 0.15) is 50.7 Å². The number of rotatable bonds is 4. The molecule has 0 amide bonds. The Kier molecular flexibility index (Phi) is 4.47. The average Bonchev–Trinajstić information content (AvgIpc) is 2.89. The Labute approximate surface area is 117 Å². The molecule has 0 aromatic heterocycles. The van der Waals surface area contributed by atoms with Crippen LogP contribution in [0.3, 0.4) is 0 Å². The third-order valence-electron chi connectivity index (χ3n) is 3.91. The van der Waals surface area contributed by atoms with Gasteiger partial charge in [0.15, 0.2) is 0 Å². The maximum Gasteiger partial charge on any atom is 0.101 e. The van der Waals surface area contributed by atoms with Gasteiger partial charge in [-0.05, 0) is 43.4 Å². The van der Waals surface area contributed by atoms with Crippen molar-refractivity contribution < 1.29 is 0 Å². The van der Waals surface area contributed by atoms with E-state index in [1.54, 1.807) is 0 Å². The van der Waals surface area contributed by atoms with Crippen LogP contribution in [-0.4, -0.2) is 12.6 Å². The summed E-state index contributed by atoms with van der Waals surface area (Å²) in [6, 6.07) is 9.26. The molecule has 0 N–H and O–H groups in total. The fourth-order valence-electron chi connectivity index (χ4n) is 3.04. The highest BCUT2D eigenvalue weighted by Gasteiger charge is 2.25. The molecule has 102 valence electrons. The van der Waals surface area contributed by atoms with Gasteiger partial charge in [-0.25, -0.2) is 0 Å². The number of nitrogens with zero attached hydrogens (tertiary/aromatic N) is 2. The molecule has 0 aliphatic heterocycles. The van der Waals surface area contributed by atoms with E-state index < -0.39 is 0 Å². The van der Waals surface area contributed by atoms with Crippen molar-refractivity contribution >= 4 is 5.69 Å². The quantitative estimate of drug-likeness (QED) is 0.804. The summed E-state index contributed by atoms with van der Waals surface area (Å²) in [4.78, 5) is 2.48. The topological polar surface area (TPSA) is 27.0 Å². The Morgan fingerprint density at radius 3 is 2.58 bits per heavy atom. The minimum Gasteiger partial charge on any atom is -0.367 e. The zero-order chi connectivity index (χ0) is 13.8. The molecule has 0 unspecified atom stereocenters. The summed E-state index contributed by atoms with van der Waals surface area (Å²) in [6.07, 6.45) is 5.19. The molecule has 2 nitrogen and oxygen atoms in total. The smallest absolute Gasteiger partial charge is 0.101 e. The molecule has 2 rings (SSSR count). The second kappa shape index (κ2) is 6.10. The van der Waals surface area contributed by atoms with Gasteiger partial charge in [0.25, 0.3) is 0 Å². The van der Waals surface area contributed by atoms with Gasteiger partial charge in [0, 0.05) is 12.6 Å². The van der Waals surface area contributed by atoms with E-state index in [9.17, 15) is 5.26 Å². The number of hydrogen-bond donors (Lipinski definition) is 0. The van der Waals surface area contributed by atoms with Crippen LogP contribution in [0.25, 0.3) is 0 Å². The molecule has 0 saturated heterocycles. The van der Waals surface area contributed by atoms with Crippen molar-refractivity contribution in [3.63, 3.8) is 0 Å². The first-order chi connectivity index (χ1) is 9.11. The molecule has 0 spiro atoms. The van der Waals surface area contributed by atoms with Crippen molar-refractivity contribution in [1.29, 1.82) is 5.26 Å². The predicted octanol–water partition coefficient (Wildman–Crippen LogP) is 4.27. The van der Waals surface area contributed by atoms with E-state index in [0.29, 0.717) is 12.0 Å². The number of nitriles is 1. The van der Waals surface area contributed by atoms with Gasteiger partial charge in [-0.1, -0.05) is 32.8 Å². The molecule has 1 aromatic rings. The van der Waals surface area contributed by atoms with Gasteiger partial charge >= 0.3 is 0 Å². The van der Waals surface area contributed by atoms with Crippen LogP contribution in [0, 0.1) is 24.2 Å². The van der Waals surface area contributed by atoms with Crippen molar-refractivity contribution in [2.45, 2.75) is 52.5 Å². The van der Waals surface area contributed by atoms with Crippen LogP contribution in [0.5, 0.6) is 0 Å². The number of aryl methyl sites for hydroxylation is 1. The third kappa shape index (κ3) is 3.29. The van der Waals surface area contributed by atoms with Crippen molar-refractivity contribution in [1.82, 2.24) is 0 Å². The predicted molar refractivity (Wildman–Crippen MR) is 80.3 cm³/mol. The Hall–Kier alpha value is -1.49. The Bertz CT molecular complexity index is 465. The summed E-state index contributed by atoms with van der Waals surface area (Å²) in [5.41, 5.74) is 3.12. The fraction of sp³-hybridized carbons (Fsp3) is 0.588. The van der Waals surface area contributed by atoms with Crippen molar-refractivity contribution in [2.75, 3.05) is 11.4 Å². The van der Waals surface area contributed by atoms with Gasteiger partial charge < -0.3 is 4.90 Å². The van der Waals surface area contributed by atoms with Gasteiger partial charge in [-0.2, -0.15) is 5.26 Å². The number of benzene rings is 1. The van der Waals surface area contributed by atoms with Crippen molar-refractivity contribution in [3.05, 3.63) is 29.3 Å². The molecule has 0 heterocycles. The van der Waals surface area contributed by atoms with Gasteiger partial charge in [0.1, 0.15) is 6.07 Å². The molecule has 0 atom stereocenters. The molecule has 1 aliphatic rings. The van der Waals surface area contributed by atoms with Gasteiger partial charge in [-0.15, -0.1) is 0 Å². The fourth-order valence-corrected chi connectivity index (χ4v) is 3.04. The van der Waals surface area contributed by atoms with E-state index >= 15 is 0 Å². The highest BCUT2D eigenvalue weighted by molar-refractivity contribution is 5.61. The van der Waals surface area contributed by atoms with E-state index in [1.807, 2.05) is 13.0 Å². The molecule has 1 aliphatic carbocycles. The standard InChI is InChI=1S/C17H24N2/c1-13(2)12-19(16-6-4-5-7-16)17-9-8-14(3)10-15(17)11-18/h8-10,13,16H,4-7,12H2,1-3H3. The Morgan fingerprint density at radius 1 is 1.32 bits per heavy atom. The first-order valence-corrected chi connectivity index (χ1v) is 7.39. The van der Waals surface area contributed by atoms with Crippen LogP contribution in [0.2, 0.25) is 0 Å². The summed E-state index contributed by atoms with van der Waals surface area (Å²) in [7, 11) is 0. The largest absolute Gasteiger partial charge is 0.367 e. The molecule has 1 aromatic carbocycles. The van der Waals surface area contributed by atoms with Crippen LogP contribution >= 0.6 is 0 Å². The minimum atomic E-state index is 0.619. The molecule has 0 radical (unpaired) electrons. The lowest BCUT2D eigenvalue weighted by Crippen LogP contribution is -2.36. The van der Waals surface area contributed by atoms with E-state index in [-0.39, 0.29) is 0 Å². The number of anilines is 1. The van der Waals surface area contributed by atoms with E-state index in [4.69, 9.17) is 0 Å². The highest BCUT2D eigenvalue weighted by atomic mass is 15.2. The van der Waals surface area contributed by atoms with Crippen LogP contribution in [0.15, 0.2) is 18.2 Å². The summed E-state index contributed by atoms with van der Waals surface area (Å²) < 4.78 is 0. The van der Waals surface area contributed by atoms with Crippen molar-refractivity contribution in [2.24, 2.45) is 5.92 Å². The molecule has 19 heavy (non-hydrogen) atoms. The van der Waals surface area contributed by atoms with Crippen LogP contribution in [0.4, 0.5) is 5.69 Å². The van der Waals surface area contributed by atoms with E-state index in [0.717, 1.165) is 23.4 Å². The van der Waals surface area contributed by atoms with Crippen LogP contribution in [-0.2, 0) is 0 Å². The lowest BCUT2D eigenvalue weighted by Gasteiger charge is -2.33. The molecule has 1 saturated carbocycles. The van der Waals surface area contributed by atoms with E-state index in [1.165, 1.54) is 25.7 Å². The van der Waals surface area contributed by atoms with Gasteiger partial charge in [-0.3, -0.25) is 0 Å². The normalized spacial score (nSPS) is 15.7. The monoisotopic (exact) mass is 256 g/mol. The lowest BCUT2D eigenvalue weighted by molar-refractivity contribution is 0.535. The van der Waals surface area contributed by atoms with Gasteiger partial charge in [0.2, 0.25) is 0 Å². The molecular formula is C17H24N2. The van der Waals surface area contributed by atoms with Crippen LogP contribution < -0.4 is 4.90 Å². The van der Waals surface area contributed by atoms with E-state index in [2.05, 4.69) is 36.9 Å². The zero-order valence-electron chi connectivity index (χ0n) is 12.3. The maximum atomic E-state index is 9.39. The van der Waals surface area contributed by atoms with Crippen molar-refractivity contribution in [3.8, 4) is 6.07 Å². The first-order valence-electron chi connectivity index (χ1n) is 7.39. The SMILES string of the molecule is Cc1ccc(N(CC(C)C)C2CCCC2)c(C#N)c1. The average molecular weight is 256 g/mol. The highest BCUT2D eigenvalue weighted by Crippen LogP contribution is 2.31. The Balaban J connectivity index is 2.34. The van der Waals surface area contributed by atoms with Gasteiger partial charge in [0.05, 0.1) is 11.3 Å². The zero-order valence-corrected chi connectivity index (χ0v) is 12.3. The molecule has 2 heteroatoms. The molecule has 0 bridgehead atoms. The Morgan fingerprint density at radius 2 is 2.00 bits per heavy atom.